The highest BCUT2D eigenvalue weighted by molar-refractivity contribution is 5.88. The zero-order chi connectivity index (χ0) is 19.8. The van der Waals surface area contributed by atoms with Crippen LogP contribution in [-0.4, -0.2) is 0 Å². The Morgan fingerprint density at radius 2 is 1.29 bits per heavy atom. The van der Waals surface area contributed by atoms with E-state index in [1.165, 1.54) is 29.8 Å². The molecule has 4 rings (SSSR count). The van der Waals surface area contributed by atoms with Gasteiger partial charge in [-0.3, -0.25) is 0 Å². The van der Waals surface area contributed by atoms with Crippen LogP contribution in [0.1, 0.15) is 12.5 Å². The molecular formula is C24H16F4. The molecule has 0 N–H and O–H groups in total. The zero-order valence-electron chi connectivity index (χ0n) is 15.1. The van der Waals surface area contributed by atoms with E-state index in [1.54, 1.807) is 12.1 Å². The summed E-state index contributed by atoms with van der Waals surface area (Å²) >= 11 is 0. The summed E-state index contributed by atoms with van der Waals surface area (Å²) in [5, 5.41) is 0.128. The molecule has 4 aromatic carbocycles. The molecule has 0 fully saturated rings. The van der Waals surface area contributed by atoms with Crippen LogP contribution in [0, 0.1) is 23.3 Å². The van der Waals surface area contributed by atoms with Crippen molar-refractivity contribution in [2.24, 2.45) is 0 Å². The molecule has 0 unspecified atom stereocenters. The summed E-state index contributed by atoms with van der Waals surface area (Å²) in [7, 11) is 0. The van der Waals surface area contributed by atoms with Crippen molar-refractivity contribution in [3.05, 3.63) is 95.6 Å². The minimum atomic E-state index is -1.51. The highest BCUT2D eigenvalue weighted by atomic mass is 19.2. The third-order valence-corrected chi connectivity index (χ3v) is 4.95. The number of hydrogen-bond acceptors (Lipinski definition) is 0. The van der Waals surface area contributed by atoms with Crippen molar-refractivity contribution in [2.45, 2.75) is 13.3 Å². The van der Waals surface area contributed by atoms with Gasteiger partial charge in [0.25, 0.3) is 0 Å². The molecule has 0 spiro atoms. The van der Waals surface area contributed by atoms with Crippen LogP contribution in [0.15, 0.2) is 66.7 Å². The Morgan fingerprint density at radius 3 is 1.96 bits per heavy atom. The Balaban J connectivity index is 1.76. The Bertz CT molecular complexity index is 1180. The van der Waals surface area contributed by atoms with Crippen molar-refractivity contribution in [3.8, 4) is 22.3 Å². The molecule has 0 radical (unpaired) electrons. The molecule has 28 heavy (non-hydrogen) atoms. The van der Waals surface area contributed by atoms with Crippen LogP contribution in [0.4, 0.5) is 17.6 Å². The monoisotopic (exact) mass is 380 g/mol. The fraction of sp³-hybridized carbons (Fsp3) is 0.0833. The first kappa shape index (κ1) is 18.2. The van der Waals surface area contributed by atoms with Gasteiger partial charge in [-0.05, 0) is 52.3 Å². The van der Waals surface area contributed by atoms with Gasteiger partial charge >= 0.3 is 0 Å². The summed E-state index contributed by atoms with van der Waals surface area (Å²) in [6, 6.07) is 18.0. The van der Waals surface area contributed by atoms with Crippen LogP contribution >= 0.6 is 0 Å². The van der Waals surface area contributed by atoms with Gasteiger partial charge in [-0.1, -0.05) is 55.5 Å². The number of aryl methyl sites for hydroxylation is 1. The van der Waals surface area contributed by atoms with E-state index in [0.717, 1.165) is 23.6 Å². The number of hydrogen-bond donors (Lipinski definition) is 0. The molecular weight excluding hydrogens is 364 g/mol. The van der Waals surface area contributed by atoms with Crippen LogP contribution in [0.3, 0.4) is 0 Å². The van der Waals surface area contributed by atoms with E-state index in [-0.39, 0.29) is 10.8 Å². The molecule has 0 amide bonds. The maximum absolute atomic E-state index is 14.8. The first-order valence-corrected chi connectivity index (χ1v) is 8.94. The summed E-state index contributed by atoms with van der Waals surface area (Å²) in [5.74, 6) is -4.47. The third kappa shape index (κ3) is 3.15. The average Bonchev–Trinajstić information content (AvgIpc) is 2.72. The van der Waals surface area contributed by atoms with Crippen molar-refractivity contribution >= 4 is 10.8 Å². The lowest BCUT2D eigenvalue weighted by Crippen LogP contribution is -1.93. The van der Waals surface area contributed by atoms with Crippen LogP contribution in [0.2, 0.25) is 0 Å². The maximum Gasteiger partial charge on any atom is 0.195 e. The maximum atomic E-state index is 14.8. The molecule has 0 saturated carbocycles. The number of halogens is 4. The molecule has 0 bridgehead atoms. The van der Waals surface area contributed by atoms with Crippen LogP contribution in [0.25, 0.3) is 33.0 Å². The minimum absolute atomic E-state index is 0.0457. The summed E-state index contributed by atoms with van der Waals surface area (Å²) in [5.41, 5.74) is 3.61. The molecule has 4 heteroatoms. The number of fused-ring (bicyclic) bond motifs is 1. The largest absolute Gasteiger partial charge is 0.206 e. The van der Waals surface area contributed by atoms with Crippen molar-refractivity contribution in [1.82, 2.24) is 0 Å². The molecule has 0 atom stereocenters. The normalized spacial score (nSPS) is 11.2. The smallest absolute Gasteiger partial charge is 0.195 e. The van der Waals surface area contributed by atoms with Crippen LogP contribution in [0.5, 0.6) is 0 Å². The number of rotatable bonds is 3. The Hall–Kier alpha value is -3.14. The molecule has 0 aliphatic rings. The van der Waals surface area contributed by atoms with E-state index in [9.17, 15) is 17.6 Å². The van der Waals surface area contributed by atoms with Crippen LogP contribution < -0.4 is 0 Å². The predicted octanol–water partition coefficient (Wildman–Crippen LogP) is 7.29. The fourth-order valence-electron chi connectivity index (χ4n) is 3.33. The summed E-state index contributed by atoms with van der Waals surface area (Å²) in [6.07, 6.45) is 0.931. The van der Waals surface area contributed by atoms with Gasteiger partial charge < -0.3 is 0 Å². The molecule has 0 aromatic heterocycles. The summed E-state index contributed by atoms with van der Waals surface area (Å²) in [6.45, 7) is 2.07. The predicted molar refractivity (Wildman–Crippen MR) is 104 cm³/mol. The summed E-state index contributed by atoms with van der Waals surface area (Å²) < 4.78 is 55.6. The van der Waals surface area contributed by atoms with E-state index in [4.69, 9.17) is 0 Å². The van der Waals surface area contributed by atoms with Gasteiger partial charge in [0.2, 0.25) is 0 Å². The zero-order valence-corrected chi connectivity index (χ0v) is 15.1. The summed E-state index contributed by atoms with van der Waals surface area (Å²) in [4.78, 5) is 0. The van der Waals surface area contributed by atoms with Crippen LogP contribution in [-0.2, 0) is 6.42 Å². The van der Waals surface area contributed by atoms with E-state index in [2.05, 4.69) is 6.92 Å². The highest BCUT2D eigenvalue weighted by Gasteiger charge is 2.15. The second kappa shape index (κ2) is 7.12. The third-order valence-electron chi connectivity index (χ3n) is 4.95. The van der Waals surface area contributed by atoms with Gasteiger partial charge in [0, 0.05) is 10.9 Å². The standard InChI is InChI=1S/C24H16F4/c1-2-14-3-5-15(6-4-14)16-7-9-19(21(25)12-16)17-8-10-20-18(11-17)13-22(26)24(28)23(20)27/h3-13H,2H2,1H3. The second-order valence-electron chi connectivity index (χ2n) is 6.67. The molecule has 140 valence electrons. The number of benzene rings is 4. The van der Waals surface area contributed by atoms with Gasteiger partial charge in [-0.2, -0.15) is 0 Å². The van der Waals surface area contributed by atoms with Crippen molar-refractivity contribution in [2.75, 3.05) is 0 Å². The van der Waals surface area contributed by atoms with E-state index in [0.29, 0.717) is 11.1 Å². The van der Waals surface area contributed by atoms with E-state index < -0.39 is 23.3 Å². The van der Waals surface area contributed by atoms with Gasteiger partial charge in [-0.15, -0.1) is 0 Å². The van der Waals surface area contributed by atoms with E-state index >= 15 is 0 Å². The second-order valence-corrected chi connectivity index (χ2v) is 6.67. The van der Waals surface area contributed by atoms with Gasteiger partial charge in [0.05, 0.1) is 0 Å². The van der Waals surface area contributed by atoms with Crippen molar-refractivity contribution in [3.63, 3.8) is 0 Å². The molecule has 0 aliphatic carbocycles. The SMILES string of the molecule is CCc1ccc(-c2ccc(-c3ccc4c(F)c(F)c(F)cc4c3)c(F)c2)cc1. The molecule has 0 aliphatic heterocycles. The average molecular weight is 380 g/mol. The van der Waals surface area contributed by atoms with E-state index in [1.807, 2.05) is 24.3 Å². The Labute approximate surface area is 160 Å². The quantitative estimate of drug-likeness (QED) is 0.258. The molecule has 0 heterocycles. The molecule has 4 aromatic rings. The van der Waals surface area contributed by atoms with Gasteiger partial charge in [-0.25, -0.2) is 17.6 Å². The highest BCUT2D eigenvalue weighted by Crippen LogP contribution is 2.32. The lowest BCUT2D eigenvalue weighted by Gasteiger charge is -2.09. The van der Waals surface area contributed by atoms with Gasteiger partial charge in [0.1, 0.15) is 5.82 Å². The first-order valence-electron chi connectivity index (χ1n) is 8.94. The lowest BCUT2D eigenvalue weighted by atomic mass is 9.97. The first-order chi connectivity index (χ1) is 13.5. The van der Waals surface area contributed by atoms with Crippen molar-refractivity contribution in [1.29, 1.82) is 0 Å². The molecule has 0 nitrogen and oxygen atoms in total. The Morgan fingerprint density at radius 1 is 0.607 bits per heavy atom. The Kier molecular flexibility index (Phi) is 4.63. The lowest BCUT2D eigenvalue weighted by molar-refractivity contribution is 0.453. The topological polar surface area (TPSA) is 0 Å². The van der Waals surface area contributed by atoms with Crippen molar-refractivity contribution < 1.29 is 17.6 Å². The fourth-order valence-corrected chi connectivity index (χ4v) is 3.33. The van der Waals surface area contributed by atoms with Gasteiger partial charge in [0.15, 0.2) is 17.5 Å². The molecule has 0 saturated heterocycles. The minimum Gasteiger partial charge on any atom is -0.206 e.